The van der Waals surface area contributed by atoms with Gasteiger partial charge in [-0.2, -0.15) is 0 Å². The molecule has 0 aliphatic carbocycles. The second-order valence-electron chi connectivity index (χ2n) is 5.97. The Kier molecular flexibility index (Phi) is 5.98. The fourth-order valence-corrected chi connectivity index (χ4v) is 7.89. The summed E-state index contributed by atoms with van der Waals surface area (Å²) >= 11 is 11.9. The van der Waals surface area contributed by atoms with Crippen LogP contribution in [0.15, 0.2) is 0 Å². The van der Waals surface area contributed by atoms with Crippen molar-refractivity contribution >= 4 is 64.5 Å². The van der Waals surface area contributed by atoms with Crippen molar-refractivity contribution in [3.63, 3.8) is 0 Å². The van der Waals surface area contributed by atoms with Crippen LogP contribution in [0.25, 0.3) is 0 Å². The quantitative estimate of drug-likeness (QED) is 0.599. The normalized spacial score (nSPS) is 28.4. The third-order valence-corrected chi connectivity index (χ3v) is 9.76. The maximum absolute atomic E-state index is 11.6. The molecule has 0 bridgehead atoms. The van der Waals surface area contributed by atoms with Crippen molar-refractivity contribution in [3.8, 4) is 0 Å². The zero-order chi connectivity index (χ0) is 17.4. The number of thioether (sulfide) groups is 1. The smallest absolute Gasteiger partial charge is 0.152 e. The van der Waals surface area contributed by atoms with E-state index < -0.39 is 19.7 Å². The van der Waals surface area contributed by atoms with E-state index in [9.17, 15) is 16.8 Å². The molecule has 2 rings (SSSR count). The third-order valence-electron chi connectivity index (χ3n) is 4.26. The van der Waals surface area contributed by atoms with Crippen LogP contribution < -0.4 is 0 Å². The Morgan fingerprint density at radius 3 is 1.48 bits per heavy atom. The van der Waals surface area contributed by atoms with Crippen LogP contribution in [0.4, 0.5) is 0 Å². The van der Waals surface area contributed by atoms with Crippen molar-refractivity contribution < 1.29 is 16.8 Å². The Hall–Kier alpha value is 0.0300. The molecule has 0 N–H and O–H groups in total. The molecular formula is C12H20N2O4S5. The van der Waals surface area contributed by atoms with Gasteiger partial charge < -0.3 is 9.80 Å². The second kappa shape index (κ2) is 7.11. The van der Waals surface area contributed by atoms with Crippen LogP contribution in [0.3, 0.4) is 0 Å². The Balaban J connectivity index is 1.91. The van der Waals surface area contributed by atoms with Crippen molar-refractivity contribution in [1.29, 1.82) is 0 Å². The first-order valence-corrected chi connectivity index (χ1v) is 12.4. The van der Waals surface area contributed by atoms with Gasteiger partial charge in [-0.15, -0.1) is 0 Å². The molecule has 2 atom stereocenters. The molecule has 0 aromatic heterocycles. The molecule has 132 valence electrons. The zero-order valence-electron chi connectivity index (χ0n) is 13.0. The molecule has 2 unspecified atom stereocenters. The Bertz CT molecular complexity index is 643. The van der Waals surface area contributed by atoms with E-state index in [1.165, 1.54) is 11.8 Å². The second-order valence-corrected chi connectivity index (χ2v) is 12.7. The van der Waals surface area contributed by atoms with Crippen molar-refractivity contribution in [2.45, 2.75) is 24.9 Å². The molecule has 0 saturated carbocycles. The molecule has 0 aromatic carbocycles. The van der Waals surface area contributed by atoms with E-state index in [2.05, 4.69) is 0 Å². The lowest BCUT2D eigenvalue weighted by Crippen LogP contribution is -2.39. The van der Waals surface area contributed by atoms with Gasteiger partial charge in [-0.05, 0) is 24.6 Å². The van der Waals surface area contributed by atoms with Gasteiger partial charge in [0.25, 0.3) is 0 Å². The minimum atomic E-state index is -2.97. The minimum Gasteiger partial charge on any atom is -0.356 e. The first kappa shape index (κ1) is 19.4. The van der Waals surface area contributed by atoms with E-state index in [1.807, 2.05) is 0 Å². The summed E-state index contributed by atoms with van der Waals surface area (Å²) in [6.07, 6.45) is 1.14. The summed E-state index contributed by atoms with van der Waals surface area (Å²) in [5.74, 6) is 0.625. The average molecular weight is 417 g/mol. The molecule has 6 nitrogen and oxygen atoms in total. The summed E-state index contributed by atoms with van der Waals surface area (Å²) in [5, 5.41) is 0. The summed E-state index contributed by atoms with van der Waals surface area (Å²) in [6, 6.07) is -0.222. The highest BCUT2D eigenvalue weighted by Gasteiger charge is 2.34. The molecule has 11 heteroatoms. The molecule has 0 amide bonds. The van der Waals surface area contributed by atoms with Crippen LogP contribution >= 0.6 is 36.2 Å². The maximum Gasteiger partial charge on any atom is 0.152 e. The van der Waals surface area contributed by atoms with Gasteiger partial charge in [-0.25, -0.2) is 16.8 Å². The van der Waals surface area contributed by atoms with Gasteiger partial charge in [0, 0.05) is 26.2 Å². The van der Waals surface area contributed by atoms with E-state index >= 15 is 0 Å². The van der Waals surface area contributed by atoms with Crippen molar-refractivity contribution in [2.24, 2.45) is 0 Å². The molecule has 0 radical (unpaired) electrons. The summed E-state index contributed by atoms with van der Waals surface area (Å²) in [6.45, 7) is 0. The zero-order valence-corrected chi connectivity index (χ0v) is 17.0. The highest BCUT2D eigenvalue weighted by atomic mass is 32.2. The highest BCUT2D eigenvalue weighted by molar-refractivity contribution is 8.37. The van der Waals surface area contributed by atoms with Crippen LogP contribution in [0.1, 0.15) is 12.8 Å². The van der Waals surface area contributed by atoms with Crippen LogP contribution in [0.2, 0.25) is 0 Å². The molecule has 2 fully saturated rings. The number of nitrogens with zero attached hydrogens (tertiary/aromatic N) is 2. The fourth-order valence-electron chi connectivity index (χ4n) is 2.68. The van der Waals surface area contributed by atoms with Crippen LogP contribution in [-0.2, 0) is 19.7 Å². The first-order valence-electron chi connectivity index (χ1n) is 7.13. The van der Waals surface area contributed by atoms with E-state index in [1.54, 1.807) is 23.9 Å². The summed E-state index contributed by atoms with van der Waals surface area (Å²) in [5.41, 5.74) is 0. The molecule has 2 aliphatic rings. The lowest BCUT2D eigenvalue weighted by atomic mass is 10.2. The van der Waals surface area contributed by atoms with E-state index in [0.29, 0.717) is 21.5 Å². The Labute approximate surface area is 152 Å². The van der Waals surface area contributed by atoms with Gasteiger partial charge in [0.15, 0.2) is 19.7 Å². The minimum absolute atomic E-state index is 0.111. The van der Waals surface area contributed by atoms with Crippen LogP contribution in [0.5, 0.6) is 0 Å². The summed E-state index contributed by atoms with van der Waals surface area (Å²) in [7, 11) is -2.37. The number of rotatable bonds is 2. The molecule has 0 spiro atoms. The molecule has 2 heterocycles. The van der Waals surface area contributed by atoms with Crippen LogP contribution in [0, 0.1) is 0 Å². The highest BCUT2D eigenvalue weighted by Crippen LogP contribution is 2.24. The number of hydrogen-bond acceptors (Lipinski definition) is 7. The predicted molar refractivity (Wildman–Crippen MR) is 102 cm³/mol. The number of hydrogen-bond donors (Lipinski definition) is 0. The van der Waals surface area contributed by atoms with Gasteiger partial charge in [0.2, 0.25) is 0 Å². The first-order chi connectivity index (χ1) is 10.5. The fraction of sp³-hybridized carbons (Fsp3) is 0.833. The number of thiocarbonyl (C=S) groups is 2. The molecule has 2 saturated heterocycles. The van der Waals surface area contributed by atoms with Crippen molar-refractivity contribution in [2.75, 3.05) is 37.1 Å². The van der Waals surface area contributed by atoms with E-state index in [4.69, 9.17) is 24.4 Å². The molecular weight excluding hydrogens is 396 g/mol. The van der Waals surface area contributed by atoms with Gasteiger partial charge in [0.1, 0.15) is 8.64 Å². The Morgan fingerprint density at radius 2 is 1.22 bits per heavy atom. The average Bonchev–Trinajstić information content (AvgIpc) is 2.99. The lowest BCUT2D eigenvalue weighted by molar-refractivity contribution is 0.406. The topological polar surface area (TPSA) is 74.8 Å². The van der Waals surface area contributed by atoms with Crippen LogP contribution in [-0.4, -0.2) is 84.5 Å². The van der Waals surface area contributed by atoms with Crippen molar-refractivity contribution in [3.05, 3.63) is 0 Å². The monoisotopic (exact) mass is 416 g/mol. The van der Waals surface area contributed by atoms with E-state index in [-0.39, 0.29) is 35.1 Å². The molecule has 0 aromatic rings. The maximum atomic E-state index is 11.6. The summed E-state index contributed by atoms with van der Waals surface area (Å²) in [4.78, 5) is 3.58. The standard InChI is InChI=1S/C12H20N2O4S5/c1-13(9-3-5-22(15,16)7-9)11(19)21-12(20)14(2)10-4-6-23(17,18)8-10/h9-10H,3-8H2,1-2H3. The lowest BCUT2D eigenvalue weighted by Gasteiger charge is -2.29. The predicted octanol–water partition coefficient (Wildman–Crippen LogP) is 0.527. The van der Waals surface area contributed by atoms with Gasteiger partial charge in [0.05, 0.1) is 23.0 Å². The largest absolute Gasteiger partial charge is 0.356 e. The number of sulfone groups is 2. The van der Waals surface area contributed by atoms with Crippen molar-refractivity contribution in [1.82, 2.24) is 9.80 Å². The third kappa shape index (κ3) is 5.00. The molecule has 23 heavy (non-hydrogen) atoms. The van der Waals surface area contributed by atoms with E-state index in [0.717, 1.165) is 0 Å². The van der Waals surface area contributed by atoms with Gasteiger partial charge >= 0.3 is 0 Å². The summed E-state index contributed by atoms with van der Waals surface area (Å²) < 4.78 is 47.3. The van der Waals surface area contributed by atoms with Gasteiger partial charge in [-0.3, -0.25) is 0 Å². The van der Waals surface area contributed by atoms with Gasteiger partial charge in [-0.1, -0.05) is 24.4 Å². The molecule has 2 aliphatic heterocycles. The Morgan fingerprint density at radius 1 is 0.870 bits per heavy atom. The SMILES string of the molecule is CN(C(=S)SC(=S)N(C)C1CCS(=O)(=O)C1)C1CCS(=O)(=O)C1.